The average Bonchev–Trinajstić information content (AvgIpc) is 3.25. The van der Waals surface area contributed by atoms with Crippen LogP contribution in [0.3, 0.4) is 0 Å². The predicted molar refractivity (Wildman–Crippen MR) is 267 cm³/mol. The maximum Gasteiger partial charge on any atom is 0.220 e. The van der Waals surface area contributed by atoms with E-state index >= 15 is 0 Å². The summed E-state index contributed by atoms with van der Waals surface area (Å²) in [6, 6.07) is -0.651. The Morgan fingerprint density at radius 3 is 1.07 bits per heavy atom. The predicted octanol–water partition coefficient (Wildman–Crippen LogP) is 17.2. The second kappa shape index (κ2) is 51.4. The van der Waals surface area contributed by atoms with Gasteiger partial charge in [0.25, 0.3) is 0 Å². The summed E-state index contributed by atoms with van der Waals surface area (Å²) in [6.45, 7) is 4.31. The van der Waals surface area contributed by atoms with E-state index in [1.807, 2.05) is 6.08 Å². The van der Waals surface area contributed by atoms with Gasteiger partial charge in [-0.3, -0.25) is 4.79 Å². The number of nitrogens with one attached hydrogen (secondary N) is 1. The molecule has 0 aliphatic heterocycles. The summed E-state index contributed by atoms with van der Waals surface area (Å²) < 4.78 is 0. The van der Waals surface area contributed by atoms with E-state index in [9.17, 15) is 15.0 Å². The fourth-order valence-corrected chi connectivity index (χ4v) is 7.89. The third-order valence-electron chi connectivity index (χ3n) is 12.0. The average molecular weight is 838 g/mol. The highest BCUT2D eigenvalue weighted by atomic mass is 16.3. The molecule has 3 N–H and O–H groups in total. The summed E-state index contributed by atoms with van der Waals surface area (Å²) in [4.78, 5) is 12.4. The van der Waals surface area contributed by atoms with E-state index < -0.39 is 12.1 Å². The summed E-state index contributed by atoms with van der Waals surface area (Å²) >= 11 is 0. The van der Waals surface area contributed by atoms with Gasteiger partial charge in [0.15, 0.2) is 0 Å². The van der Waals surface area contributed by atoms with Crippen molar-refractivity contribution in [1.82, 2.24) is 5.32 Å². The first-order valence-electron chi connectivity index (χ1n) is 26.5. The zero-order chi connectivity index (χ0) is 43.5. The highest BCUT2D eigenvalue weighted by Crippen LogP contribution is 2.15. The number of hydrogen-bond acceptors (Lipinski definition) is 3. The molecule has 0 fully saturated rings. The van der Waals surface area contributed by atoms with Crippen LogP contribution in [-0.4, -0.2) is 34.9 Å². The minimum Gasteiger partial charge on any atom is -0.394 e. The molecule has 0 saturated carbocycles. The monoisotopic (exact) mass is 838 g/mol. The molecule has 4 heteroatoms. The molecule has 0 aromatic carbocycles. The lowest BCUT2D eigenvalue weighted by molar-refractivity contribution is -0.123. The Labute approximate surface area is 375 Å². The van der Waals surface area contributed by atoms with Crippen LogP contribution >= 0.6 is 0 Å². The first-order valence-corrected chi connectivity index (χ1v) is 26.5. The van der Waals surface area contributed by atoms with Crippen molar-refractivity contribution >= 4 is 5.91 Å². The van der Waals surface area contributed by atoms with Crippen molar-refractivity contribution in [1.29, 1.82) is 0 Å². The highest BCUT2D eigenvalue weighted by molar-refractivity contribution is 5.76. The summed E-state index contributed by atoms with van der Waals surface area (Å²) in [7, 11) is 0. The normalized spacial score (nSPS) is 13.3. The van der Waals surface area contributed by atoms with E-state index in [4.69, 9.17) is 0 Å². The van der Waals surface area contributed by atoms with Gasteiger partial charge < -0.3 is 15.5 Å². The molecule has 2 unspecified atom stereocenters. The first-order chi connectivity index (χ1) is 29.7. The molecule has 0 aromatic rings. The van der Waals surface area contributed by atoms with Crippen molar-refractivity contribution in [2.75, 3.05) is 6.61 Å². The number of amides is 1. The van der Waals surface area contributed by atoms with Gasteiger partial charge in [0.05, 0.1) is 18.8 Å². The van der Waals surface area contributed by atoms with Crippen LogP contribution in [0.15, 0.2) is 60.8 Å². The molecular formula is C56H103NO3. The standard InChI is InChI=1S/C56H103NO3/c1-3-5-7-9-11-13-15-17-19-21-23-25-27-28-30-32-34-36-38-40-42-44-46-48-50-52-56(60)57-54(53-58)55(59)51-49-47-45-43-41-39-37-35-33-31-29-26-24-22-20-18-16-14-12-10-8-6-4-2/h23,25,28,30,33,35,41,43,49,51,54-55,58-59H,3-22,24,26-27,29,31-32,34,36-40,42,44-48,50,52-53H2,1-2H3,(H,57,60)/b25-23-,30-28-,35-33+,43-41+,51-49+. The lowest BCUT2D eigenvalue weighted by atomic mass is 10.0. The van der Waals surface area contributed by atoms with Crippen LogP contribution < -0.4 is 5.32 Å². The summed E-state index contributed by atoms with van der Waals surface area (Å²) in [5, 5.41) is 23.1. The molecule has 60 heavy (non-hydrogen) atoms. The number of carbonyl (C=O) groups is 1. The number of hydrogen-bond donors (Lipinski definition) is 3. The zero-order valence-corrected chi connectivity index (χ0v) is 40.2. The van der Waals surface area contributed by atoms with Crippen LogP contribution in [0.25, 0.3) is 0 Å². The summed E-state index contributed by atoms with van der Waals surface area (Å²) in [5.41, 5.74) is 0. The largest absolute Gasteiger partial charge is 0.394 e. The number of unbranched alkanes of at least 4 members (excludes halogenated alkanes) is 33. The smallest absolute Gasteiger partial charge is 0.220 e. The van der Waals surface area contributed by atoms with E-state index in [1.165, 1.54) is 205 Å². The Hall–Kier alpha value is -1.91. The zero-order valence-electron chi connectivity index (χ0n) is 40.2. The molecule has 0 spiro atoms. The van der Waals surface area contributed by atoms with Gasteiger partial charge in [-0.2, -0.15) is 0 Å². The van der Waals surface area contributed by atoms with Crippen LogP contribution in [0.2, 0.25) is 0 Å². The maximum atomic E-state index is 12.4. The molecule has 2 atom stereocenters. The molecular weight excluding hydrogens is 735 g/mol. The van der Waals surface area contributed by atoms with E-state index in [-0.39, 0.29) is 12.5 Å². The van der Waals surface area contributed by atoms with Crippen molar-refractivity contribution in [3.05, 3.63) is 60.8 Å². The van der Waals surface area contributed by atoms with Crippen molar-refractivity contribution in [2.24, 2.45) is 0 Å². The maximum absolute atomic E-state index is 12.4. The lowest BCUT2D eigenvalue weighted by Gasteiger charge is -2.19. The molecule has 4 nitrogen and oxygen atoms in total. The molecule has 0 heterocycles. The van der Waals surface area contributed by atoms with Crippen molar-refractivity contribution in [3.63, 3.8) is 0 Å². The van der Waals surface area contributed by atoms with Crippen molar-refractivity contribution in [2.45, 2.75) is 283 Å². The van der Waals surface area contributed by atoms with Gasteiger partial charge in [0.2, 0.25) is 5.91 Å². The summed E-state index contributed by atoms with van der Waals surface area (Å²) in [6.07, 6.45) is 72.2. The topological polar surface area (TPSA) is 69.6 Å². The Balaban J connectivity index is 3.60. The fourth-order valence-electron chi connectivity index (χ4n) is 7.89. The van der Waals surface area contributed by atoms with Gasteiger partial charge in [0.1, 0.15) is 0 Å². The van der Waals surface area contributed by atoms with Gasteiger partial charge in [-0.15, -0.1) is 0 Å². The van der Waals surface area contributed by atoms with Crippen LogP contribution in [0, 0.1) is 0 Å². The quantitative estimate of drug-likeness (QED) is 0.0422. The Morgan fingerprint density at radius 1 is 0.400 bits per heavy atom. The molecule has 0 aliphatic carbocycles. The molecule has 0 saturated heterocycles. The van der Waals surface area contributed by atoms with Crippen LogP contribution in [-0.2, 0) is 4.79 Å². The number of aliphatic hydroxyl groups excluding tert-OH is 2. The van der Waals surface area contributed by atoms with Gasteiger partial charge >= 0.3 is 0 Å². The molecule has 0 radical (unpaired) electrons. The van der Waals surface area contributed by atoms with Gasteiger partial charge in [-0.1, -0.05) is 248 Å². The Kier molecular flexibility index (Phi) is 49.8. The molecule has 350 valence electrons. The SMILES string of the molecule is CCCCCCCCCCC/C=C\C/C=C\CCCCCCCCCCCC(=O)NC(CO)C(O)/C=C/CC/C=C/CC/C=C/CCCCCCCCCCCCCCC. The fraction of sp³-hybridized carbons (Fsp3) is 0.804. The molecule has 0 bridgehead atoms. The second-order valence-corrected chi connectivity index (χ2v) is 17.9. The second-order valence-electron chi connectivity index (χ2n) is 17.9. The van der Waals surface area contributed by atoms with Crippen molar-refractivity contribution < 1.29 is 15.0 Å². The third-order valence-corrected chi connectivity index (χ3v) is 12.0. The molecule has 0 aromatic heterocycles. The minimum atomic E-state index is -0.875. The number of allylic oxidation sites excluding steroid dienone is 9. The summed E-state index contributed by atoms with van der Waals surface area (Å²) in [5.74, 6) is -0.0815. The molecule has 0 aliphatic rings. The Morgan fingerprint density at radius 2 is 0.700 bits per heavy atom. The lowest BCUT2D eigenvalue weighted by Crippen LogP contribution is -2.45. The molecule has 1 amide bonds. The van der Waals surface area contributed by atoms with Crippen LogP contribution in [0.4, 0.5) is 0 Å². The van der Waals surface area contributed by atoms with Crippen molar-refractivity contribution in [3.8, 4) is 0 Å². The van der Waals surface area contributed by atoms with Crippen LogP contribution in [0.5, 0.6) is 0 Å². The Bertz CT molecular complexity index is 996. The first kappa shape index (κ1) is 58.1. The van der Waals surface area contributed by atoms with Crippen LogP contribution in [0.1, 0.15) is 271 Å². The third kappa shape index (κ3) is 47.1. The van der Waals surface area contributed by atoms with E-state index in [1.54, 1.807) is 6.08 Å². The van der Waals surface area contributed by atoms with E-state index in [0.717, 1.165) is 44.9 Å². The van der Waals surface area contributed by atoms with Gasteiger partial charge in [-0.25, -0.2) is 0 Å². The van der Waals surface area contributed by atoms with E-state index in [2.05, 4.69) is 67.8 Å². The minimum absolute atomic E-state index is 0.0815. The number of rotatable bonds is 48. The van der Waals surface area contributed by atoms with Gasteiger partial charge in [0, 0.05) is 6.42 Å². The van der Waals surface area contributed by atoms with E-state index in [0.29, 0.717) is 6.42 Å². The number of carbonyl (C=O) groups excluding carboxylic acids is 1. The number of aliphatic hydroxyl groups is 2. The molecule has 0 rings (SSSR count). The highest BCUT2D eigenvalue weighted by Gasteiger charge is 2.17. The van der Waals surface area contributed by atoms with Gasteiger partial charge in [-0.05, 0) is 77.0 Å².